The van der Waals surface area contributed by atoms with E-state index in [0.29, 0.717) is 24.7 Å². The van der Waals surface area contributed by atoms with Crippen LogP contribution in [0.2, 0.25) is 0 Å². The monoisotopic (exact) mass is 275 g/mol. The van der Waals surface area contributed by atoms with Crippen LogP contribution in [0, 0.1) is 0 Å². The van der Waals surface area contributed by atoms with E-state index in [4.69, 9.17) is 9.26 Å². The van der Waals surface area contributed by atoms with E-state index in [1.807, 2.05) is 13.0 Å². The van der Waals surface area contributed by atoms with Gasteiger partial charge in [-0.25, -0.2) is 9.97 Å². The molecule has 0 aliphatic carbocycles. The minimum Gasteiger partial charge on any atom is -0.374 e. The van der Waals surface area contributed by atoms with Gasteiger partial charge in [0.1, 0.15) is 12.1 Å². The largest absolute Gasteiger partial charge is 0.374 e. The topological polar surface area (TPSA) is 77.2 Å². The molecule has 7 heteroatoms. The Labute approximate surface area is 117 Å². The lowest BCUT2D eigenvalue weighted by Crippen LogP contribution is -2.44. The molecule has 0 bridgehead atoms. The fourth-order valence-corrected chi connectivity index (χ4v) is 2.24. The summed E-state index contributed by atoms with van der Waals surface area (Å²) < 4.78 is 10.9. The van der Waals surface area contributed by atoms with Gasteiger partial charge in [0.15, 0.2) is 5.82 Å². The number of nitrogens with zero attached hydrogens (tertiary/aromatic N) is 5. The second-order valence-corrected chi connectivity index (χ2v) is 4.67. The second-order valence-electron chi connectivity index (χ2n) is 4.67. The van der Waals surface area contributed by atoms with E-state index in [0.717, 1.165) is 25.3 Å². The van der Waals surface area contributed by atoms with Crippen molar-refractivity contribution in [3.05, 3.63) is 30.3 Å². The van der Waals surface area contributed by atoms with Gasteiger partial charge in [-0.15, -0.1) is 0 Å². The Kier molecular flexibility index (Phi) is 3.87. The third kappa shape index (κ3) is 2.93. The molecule has 2 aromatic rings. The molecule has 0 spiro atoms. The number of hydrogen-bond donors (Lipinski definition) is 0. The van der Waals surface area contributed by atoms with E-state index >= 15 is 0 Å². The number of anilines is 1. The van der Waals surface area contributed by atoms with E-state index in [-0.39, 0.29) is 6.10 Å². The molecule has 0 aromatic carbocycles. The first-order valence-electron chi connectivity index (χ1n) is 6.79. The van der Waals surface area contributed by atoms with Gasteiger partial charge >= 0.3 is 0 Å². The highest BCUT2D eigenvalue weighted by atomic mass is 16.5. The van der Waals surface area contributed by atoms with E-state index in [1.54, 1.807) is 12.5 Å². The number of ether oxygens (including phenoxy) is 1. The second kappa shape index (κ2) is 5.96. The molecule has 0 N–H and O–H groups in total. The summed E-state index contributed by atoms with van der Waals surface area (Å²) in [5.74, 6) is 2.30. The Morgan fingerprint density at radius 1 is 1.45 bits per heavy atom. The van der Waals surface area contributed by atoms with Crippen LogP contribution in [0.5, 0.6) is 0 Å². The van der Waals surface area contributed by atoms with Crippen molar-refractivity contribution in [2.24, 2.45) is 0 Å². The zero-order chi connectivity index (χ0) is 13.8. The Morgan fingerprint density at radius 3 is 3.15 bits per heavy atom. The van der Waals surface area contributed by atoms with Crippen LogP contribution in [0.3, 0.4) is 0 Å². The van der Waals surface area contributed by atoms with Gasteiger partial charge in [0.05, 0.1) is 12.7 Å². The highest BCUT2D eigenvalue weighted by Gasteiger charge is 2.23. The lowest BCUT2D eigenvalue weighted by molar-refractivity contribution is 0.0392. The van der Waals surface area contributed by atoms with Crippen molar-refractivity contribution >= 4 is 5.82 Å². The third-order valence-corrected chi connectivity index (χ3v) is 3.25. The van der Waals surface area contributed by atoms with Gasteiger partial charge < -0.3 is 14.2 Å². The summed E-state index contributed by atoms with van der Waals surface area (Å²) >= 11 is 0. The van der Waals surface area contributed by atoms with Crippen molar-refractivity contribution < 1.29 is 9.26 Å². The normalized spacial score (nSPS) is 19.2. The molecule has 3 rings (SSSR count). The van der Waals surface area contributed by atoms with Crippen LogP contribution < -0.4 is 4.90 Å². The quantitative estimate of drug-likeness (QED) is 0.819. The summed E-state index contributed by atoms with van der Waals surface area (Å²) in [5.41, 5.74) is 0. The molecule has 0 saturated carbocycles. The van der Waals surface area contributed by atoms with E-state index in [2.05, 4.69) is 25.0 Å². The molecule has 0 amide bonds. The Morgan fingerprint density at radius 2 is 2.40 bits per heavy atom. The van der Waals surface area contributed by atoms with E-state index in [1.165, 1.54) is 0 Å². The molecule has 3 heterocycles. The van der Waals surface area contributed by atoms with Crippen molar-refractivity contribution in [3.63, 3.8) is 0 Å². The predicted octanol–water partition coefficient (Wildman–Crippen LogP) is 0.870. The minimum absolute atomic E-state index is 0.0565. The summed E-state index contributed by atoms with van der Waals surface area (Å²) in [6.45, 7) is 4.27. The molecule has 0 unspecified atom stereocenters. The lowest BCUT2D eigenvalue weighted by Gasteiger charge is -2.33. The van der Waals surface area contributed by atoms with Crippen LogP contribution in [0.1, 0.15) is 18.6 Å². The fraction of sp³-hybridized carbons (Fsp3) is 0.538. The lowest BCUT2D eigenvalue weighted by atomic mass is 10.2. The van der Waals surface area contributed by atoms with Crippen molar-refractivity contribution in [3.8, 4) is 0 Å². The molecule has 0 radical (unpaired) electrons. The van der Waals surface area contributed by atoms with Gasteiger partial charge in [-0.1, -0.05) is 12.1 Å². The van der Waals surface area contributed by atoms with Gasteiger partial charge in [0, 0.05) is 32.1 Å². The average Bonchev–Trinajstić information content (AvgIpc) is 2.96. The molecule has 106 valence electrons. The van der Waals surface area contributed by atoms with Crippen LogP contribution in [0.4, 0.5) is 5.82 Å². The summed E-state index contributed by atoms with van der Waals surface area (Å²) in [6, 6.07) is 1.91. The molecule has 7 nitrogen and oxygen atoms in total. The highest BCUT2D eigenvalue weighted by molar-refractivity contribution is 5.37. The highest BCUT2D eigenvalue weighted by Crippen LogP contribution is 2.16. The molecular formula is C13H17N5O2. The Balaban J connectivity index is 1.63. The van der Waals surface area contributed by atoms with Crippen LogP contribution >= 0.6 is 0 Å². The summed E-state index contributed by atoms with van der Waals surface area (Å²) in [6.07, 6.45) is 4.78. The van der Waals surface area contributed by atoms with Crippen LogP contribution in [0.15, 0.2) is 23.1 Å². The first-order valence-corrected chi connectivity index (χ1v) is 6.79. The molecule has 1 aliphatic heterocycles. The van der Waals surface area contributed by atoms with Crippen molar-refractivity contribution in [2.45, 2.75) is 25.9 Å². The molecular weight excluding hydrogens is 258 g/mol. The van der Waals surface area contributed by atoms with Crippen LogP contribution in [-0.4, -0.2) is 45.9 Å². The maximum atomic E-state index is 5.77. The fourth-order valence-electron chi connectivity index (χ4n) is 2.24. The van der Waals surface area contributed by atoms with Gasteiger partial charge in [0.25, 0.3) is 0 Å². The summed E-state index contributed by atoms with van der Waals surface area (Å²) in [7, 11) is 0. The SMILES string of the molecule is CCc1nc(C[C@@H]2CN(c3ccncn3)CCO2)no1. The number of rotatable bonds is 4. The first kappa shape index (κ1) is 13.0. The van der Waals surface area contributed by atoms with Crippen molar-refractivity contribution in [1.82, 2.24) is 20.1 Å². The number of aromatic nitrogens is 4. The zero-order valence-corrected chi connectivity index (χ0v) is 11.4. The van der Waals surface area contributed by atoms with Gasteiger partial charge in [-0.2, -0.15) is 4.98 Å². The van der Waals surface area contributed by atoms with E-state index in [9.17, 15) is 0 Å². The van der Waals surface area contributed by atoms with Gasteiger partial charge in [-0.3, -0.25) is 0 Å². The smallest absolute Gasteiger partial charge is 0.226 e. The number of morpholine rings is 1. The molecule has 2 aromatic heterocycles. The van der Waals surface area contributed by atoms with Crippen molar-refractivity contribution in [1.29, 1.82) is 0 Å². The minimum atomic E-state index is 0.0565. The number of aryl methyl sites for hydroxylation is 1. The molecule has 1 fully saturated rings. The third-order valence-electron chi connectivity index (χ3n) is 3.25. The van der Waals surface area contributed by atoms with Gasteiger partial charge in [0.2, 0.25) is 5.89 Å². The standard InChI is InChI=1S/C13H17N5O2/c1-2-13-16-11(17-20-13)7-10-8-18(5-6-19-10)12-3-4-14-9-15-12/h3-4,9-10H,2,5-8H2,1H3/t10-/m1/s1. The molecule has 1 aliphatic rings. The predicted molar refractivity (Wildman–Crippen MR) is 71.4 cm³/mol. The number of hydrogen-bond acceptors (Lipinski definition) is 7. The summed E-state index contributed by atoms with van der Waals surface area (Å²) in [4.78, 5) is 14.7. The maximum absolute atomic E-state index is 5.77. The molecule has 1 atom stereocenters. The summed E-state index contributed by atoms with van der Waals surface area (Å²) in [5, 5.41) is 3.97. The molecule has 1 saturated heterocycles. The first-order chi connectivity index (χ1) is 9.85. The van der Waals surface area contributed by atoms with E-state index < -0.39 is 0 Å². The van der Waals surface area contributed by atoms with Crippen molar-refractivity contribution in [2.75, 3.05) is 24.6 Å². The average molecular weight is 275 g/mol. The Hall–Kier alpha value is -2.02. The Bertz CT molecular complexity index is 545. The maximum Gasteiger partial charge on any atom is 0.226 e. The van der Waals surface area contributed by atoms with Crippen LogP contribution in [-0.2, 0) is 17.6 Å². The molecule has 20 heavy (non-hydrogen) atoms. The zero-order valence-electron chi connectivity index (χ0n) is 11.4. The van der Waals surface area contributed by atoms with Gasteiger partial charge in [-0.05, 0) is 6.07 Å². The van der Waals surface area contributed by atoms with Crippen LogP contribution in [0.25, 0.3) is 0 Å².